The minimum Gasteiger partial charge on any atom is -0.349 e. The van der Waals surface area contributed by atoms with Gasteiger partial charge in [0.2, 0.25) is 5.76 Å². The van der Waals surface area contributed by atoms with Gasteiger partial charge < -0.3 is 4.52 Å². The third-order valence-corrected chi connectivity index (χ3v) is 5.32. The normalized spacial score (nSPS) is 11.6. The summed E-state index contributed by atoms with van der Waals surface area (Å²) in [5, 5.41) is 14.6. The molecule has 0 saturated heterocycles. The maximum atomic E-state index is 12.5. The molecule has 0 unspecified atom stereocenters. The molecule has 0 aliphatic rings. The number of nitro groups is 1. The van der Waals surface area contributed by atoms with Gasteiger partial charge in [-0.3, -0.25) is 14.8 Å². The smallest absolute Gasteiger partial charge is 0.338 e. The van der Waals surface area contributed by atoms with E-state index in [4.69, 9.17) is 4.52 Å². The van der Waals surface area contributed by atoms with Crippen LogP contribution in [0.15, 0.2) is 57.9 Å². The molecule has 28 heavy (non-hydrogen) atoms. The lowest BCUT2D eigenvalue weighted by Crippen LogP contribution is -2.12. The van der Waals surface area contributed by atoms with Crippen LogP contribution in [-0.4, -0.2) is 18.5 Å². The fraction of sp³-hybridized carbons (Fsp3) is 0.105. The lowest BCUT2D eigenvalue weighted by atomic mass is 10.2. The Labute approximate surface area is 161 Å². The predicted molar refractivity (Wildman–Crippen MR) is 105 cm³/mol. The van der Waals surface area contributed by atoms with E-state index in [1.807, 2.05) is 13.0 Å². The number of rotatable bonds is 6. The Bertz CT molecular complexity index is 1150. The monoisotopic (exact) mass is 399 g/mol. The van der Waals surface area contributed by atoms with Gasteiger partial charge in [0, 0.05) is 5.69 Å². The SMILES string of the molecule is Cc1cccc(NS(=O)(=O)c2ccc(/C=C/c3onc(C)c3[N+](=O)[O-])cc2)c1. The Hall–Kier alpha value is -3.46. The van der Waals surface area contributed by atoms with Gasteiger partial charge in [0.1, 0.15) is 0 Å². The van der Waals surface area contributed by atoms with Gasteiger partial charge in [-0.05, 0) is 55.3 Å². The van der Waals surface area contributed by atoms with Crippen LogP contribution < -0.4 is 4.72 Å². The van der Waals surface area contributed by atoms with Gasteiger partial charge in [-0.1, -0.05) is 35.5 Å². The highest BCUT2D eigenvalue weighted by atomic mass is 32.2. The highest BCUT2D eigenvalue weighted by Gasteiger charge is 2.22. The number of benzene rings is 2. The number of aromatic nitrogens is 1. The van der Waals surface area contributed by atoms with Gasteiger partial charge in [-0.15, -0.1) is 0 Å². The molecular formula is C19H17N3O5S. The highest BCUT2D eigenvalue weighted by molar-refractivity contribution is 7.92. The lowest BCUT2D eigenvalue weighted by molar-refractivity contribution is -0.386. The fourth-order valence-corrected chi connectivity index (χ4v) is 3.62. The zero-order chi connectivity index (χ0) is 20.3. The summed E-state index contributed by atoms with van der Waals surface area (Å²) in [5.41, 5.74) is 2.07. The van der Waals surface area contributed by atoms with Crippen LogP contribution in [0.1, 0.15) is 22.6 Å². The molecule has 1 N–H and O–H groups in total. The van der Waals surface area contributed by atoms with E-state index in [1.165, 1.54) is 25.1 Å². The van der Waals surface area contributed by atoms with Crippen LogP contribution in [-0.2, 0) is 10.0 Å². The lowest BCUT2D eigenvalue weighted by Gasteiger charge is -2.09. The van der Waals surface area contributed by atoms with E-state index in [2.05, 4.69) is 9.88 Å². The summed E-state index contributed by atoms with van der Waals surface area (Å²) >= 11 is 0. The van der Waals surface area contributed by atoms with Gasteiger partial charge >= 0.3 is 5.69 Å². The molecule has 1 heterocycles. The van der Waals surface area contributed by atoms with Gasteiger partial charge in [0.15, 0.2) is 5.69 Å². The molecule has 144 valence electrons. The van der Waals surface area contributed by atoms with Gasteiger partial charge in [-0.25, -0.2) is 8.42 Å². The first-order valence-corrected chi connectivity index (χ1v) is 9.73. The fourth-order valence-electron chi connectivity index (χ4n) is 2.57. The number of aryl methyl sites for hydroxylation is 2. The highest BCUT2D eigenvalue weighted by Crippen LogP contribution is 2.25. The number of anilines is 1. The van der Waals surface area contributed by atoms with Gasteiger partial charge in [0.25, 0.3) is 10.0 Å². The van der Waals surface area contributed by atoms with E-state index in [1.54, 1.807) is 36.4 Å². The van der Waals surface area contributed by atoms with Crippen molar-refractivity contribution < 1.29 is 17.9 Å². The van der Waals surface area contributed by atoms with E-state index in [0.717, 1.165) is 5.56 Å². The summed E-state index contributed by atoms with van der Waals surface area (Å²) in [6, 6.07) is 13.2. The number of hydrogen-bond donors (Lipinski definition) is 1. The van der Waals surface area contributed by atoms with Crippen molar-refractivity contribution in [2.24, 2.45) is 0 Å². The molecule has 0 amide bonds. The molecule has 3 aromatic rings. The average molecular weight is 399 g/mol. The van der Waals surface area contributed by atoms with Crippen molar-refractivity contribution in [3.05, 3.63) is 81.2 Å². The average Bonchev–Trinajstić information content (AvgIpc) is 3.01. The molecule has 0 aliphatic carbocycles. The second kappa shape index (κ2) is 7.65. The first kappa shape index (κ1) is 19.3. The van der Waals surface area contributed by atoms with Crippen molar-refractivity contribution in [2.45, 2.75) is 18.7 Å². The van der Waals surface area contributed by atoms with Crippen molar-refractivity contribution in [1.82, 2.24) is 5.16 Å². The summed E-state index contributed by atoms with van der Waals surface area (Å²) in [7, 11) is -3.72. The molecule has 0 aliphatic heterocycles. The zero-order valence-corrected chi connectivity index (χ0v) is 15.9. The van der Waals surface area contributed by atoms with Crippen LogP contribution in [0.2, 0.25) is 0 Å². The maximum Gasteiger partial charge on any atom is 0.338 e. The summed E-state index contributed by atoms with van der Waals surface area (Å²) in [4.78, 5) is 10.6. The Morgan fingerprint density at radius 1 is 1.11 bits per heavy atom. The number of nitrogens with one attached hydrogen (secondary N) is 1. The number of nitrogens with zero attached hydrogens (tertiary/aromatic N) is 2. The van der Waals surface area contributed by atoms with Crippen LogP contribution in [0, 0.1) is 24.0 Å². The summed E-state index contributed by atoms with van der Waals surface area (Å²) in [6.45, 7) is 3.36. The maximum absolute atomic E-state index is 12.5. The van der Waals surface area contributed by atoms with Crippen LogP contribution in [0.5, 0.6) is 0 Å². The molecule has 2 aromatic carbocycles. The van der Waals surface area contributed by atoms with E-state index in [9.17, 15) is 18.5 Å². The minimum atomic E-state index is -3.72. The second-order valence-electron chi connectivity index (χ2n) is 6.12. The topological polar surface area (TPSA) is 115 Å². The van der Waals surface area contributed by atoms with E-state index in [-0.39, 0.29) is 22.0 Å². The van der Waals surface area contributed by atoms with E-state index < -0.39 is 14.9 Å². The largest absolute Gasteiger partial charge is 0.349 e. The molecule has 1 aromatic heterocycles. The molecule has 3 rings (SSSR count). The van der Waals surface area contributed by atoms with Crippen LogP contribution in [0.3, 0.4) is 0 Å². The van der Waals surface area contributed by atoms with Crippen molar-refractivity contribution in [3.8, 4) is 0 Å². The van der Waals surface area contributed by atoms with Crippen LogP contribution >= 0.6 is 0 Å². The quantitative estimate of drug-likeness (QED) is 0.491. The summed E-state index contributed by atoms with van der Waals surface area (Å²) in [5.74, 6) is 0.0281. The Morgan fingerprint density at radius 3 is 2.46 bits per heavy atom. The zero-order valence-electron chi connectivity index (χ0n) is 15.1. The molecule has 0 spiro atoms. The Morgan fingerprint density at radius 2 is 1.82 bits per heavy atom. The molecule has 0 fully saturated rings. The van der Waals surface area contributed by atoms with Crippen LogP contribution in [0.4, 0.5) is 11.4 Å². The number of sulfonamides is 1. The van der Waals surface area contributed by atoms with E-state index in [0.29, 0.717) is 11.3 Å². The number of hydrogen-bond acceptors (Lipinski definition) is 6. The molecule has 0 saturated carbocycles. The van der Waals surface area contributed by atoms with Crippen LogP contribution in [0.25, 0.3) is 12.2 Å². The molecular weight excluding hydrogens is 382 g/mol. The van der Waals surface area contributed by atoms with Gasteiger partial charge in [0.05, 0.1) is 9.82 Å². The van der Waals surface area contributed by atoms with Gasteiger partial charge in [-0.2, -0.15) is 0 Å². The third-order valence-electron chi connectivity index (χ3n) is 3.93. The van der Waals surface area contributed by atoms with Crippen molar-refractivity contribution in [1.29, 1.82) is 0 Å². The predicted octanol–water partition coefficient (Wildman–Crippen LogP) is 4.17. The van der Waals surface area contributed by atoms with E-state index >= 15 is 0 Å². The standard InChI is InChI=1S/C19H17N3O5S/c1-13-4-3-5-16(12-13)21-28(25,26)17-9-6-15(7-10-17)8-11-18-19(22(23)24)14(2)20-27-18/h3-12,21H,1-2H3/b11-8+. The minimum absolute atomic E-state index is 0.0281. The molecule has 9 heteroatoms. The summed E-state index contributed by atoms with van der Waals surface area (Å²) < 4.78 is 32.5. The molecule has 0 radical (unpaired) electrons. The molecule has 8 nitrogen and oxygen atoms in total. The first-order chi connectivity index (χ1) is 13.3. The van der Waals surface area contributed by atoms with Crippen molar-refractivity contribution in [3.63, 3.8) is 0 Å². The first-order valence-electron chi connectivity index (χ1n) is 8.24. The van der Waals surface area contributed by atoms with Crippen molar-refractivity contribution in [2.75, 3.05) is 4.72 Å². The second-order valence-corrected chi connectivity index (χ2v) is 7.80. The summed E-state index contributed by atoms with van der Waals surface area (Å²) in [6.07, 6.45) is 3.00. The third kappa shape index (κ3) is 4.26. The molecule has 0 atom stereocenters. The Balaban J connectivity index is 1.79. The molecule has 0 bridgehead atoms. The van der Waals surface area contributed by atoms with Crippen molar-refractivity contribution >= 4 is 33.6 Å². The Kier molecular flexibility index (Phi) is 5.27.